The molecule has 2 unspecified atom stereocenters. The maximum absolute atomic E-state index is 9.88. The lowest BCUT2D eigenvalue weighted by atomic mass is 9.78. The quantitative estimate of drug-likeness (QED) is 0.806. The summed E-state index contributed by atoms with van der Waals surface area (Å²) in [4.78, 5) is 0. The van der Waals surface area contributed by atoms with Gasteiger partial charge in [-0.15, -0.1) is 0 Å². The van der Waals surface area contributed by atoms with Crippen LogP contribution >= 0.6 is 0 Å². The van der Waals surface area contributed by atoms with E-state index >= 15 is 0 Å². The minimum atomic E-state index is -0.383. The standard InChI is InChI=1S/C22H22N2O4/c1-25-19-7-13-5-15(11-23)18-10-22(28-4)20(26-2)8-14(18)6-16(12-24)17(13)9-21(19)27-3/h7-10,15-16H,5-6H2,1-4H3. The fourth-order valence-corrected chi connectivity index (χ4v) is 3.77. The number of nitriles is 2. The molecule has 0 saturated carbocycles. The monoisotopic (exact) mass is 378 g/mol. The number of hydrogen-bond donors (Lipinski definition) is 0. The zero-order chi connectivity index (χ0) is 20.3. The lowest BCUT2D eigenvalue weighted by molar-refractivity contribution is 0.353. The van der Waals surface area contributed by atoms with Crippen molar-refractivity contribution in [2.45, 2.75) is 24.7 Å². The Morgan fingerprint density at radius 1 is 0.643 bits per heavy atom. The molecule has 0 aromatic heterocycles. The van der Waals surface area contributed by atoms with Crippen LogP contribution in [0.25, 0.3) is 0 Å². The van der Waals surface area contributed by atoms with Gasteiger partial charge in [-0.1, -0.05) is 0 Å². The van der Waals surface area contributed by atoms with E-state index in [0.29, 0.717) is 35.8 Å². The number of ether oxygens (including phenoxy) is 4. The first kappa shape index (κ1) is 19.4. The second-order valence-corrected chi connectivity index (χ2v) is 6.58. The summed E-state index contributed by atoms with van der Waals surface area (Å²) in [5.41, 5.74) is 3.55. The summed E-state index contributed by atoms with van der Waals surface area (Å²) in [6, 6.07) is 12.2. The molecule has 6 heteroatoms. The largest absolute Gasteiger partial charge is 0.493 e. The van der Waals surface area contributed by atoms with Gasteiger partial charge in [0.2, 0.25) is 0 Å². The van der Waals surface area contributed by atoms with Crippen LogP contribution in [0.15, 0.2) is 24.3 Å². The van der Waals surface area contributed by atoms with Crippen molar-refractivity contribution in [1.29, 1.82) is 10.5 Å². The molecule has 0 amide bonds. The molecule has 3 rings (SSSR count). The van der Waals surface area contributed by atoms with E-state index in [2.05, 4.69) is 12.1 Å². The summed E-state index contributed by atoms with van der Waals surface area (Å²) < 4.78 is 21.7. The number of hydrogen-bond acceptors (Lipinski definition) is 6. The Labute approximate surface area is 164 Å². The molecule has 0 saturated heterocycles. The van der Waals surface area contributed by atoms with Crippen molar-refractivity contribution in [3.63, 3.8) is 0 Å². The third-order valence-corrected chi connectivity index (χ3v) is 5.20. The van der Waals surface area contributed by atoms with Crippen LogP contribution in [0.4, 0.5) is 0 Å². The highest BCUT2D eigenvalue weighted by molar-refractivity contribution is 5.55. The predicted octanol–water partition coefficient (Wildman–Crippen LogP) is 3.73. The van der Waals surface area contributed by atoms with Gasteiger partial charge in [0.05, 0.1) is 52.4 Å². The molecule has 1 aliphatic carbocycles. The van der Waals surface area contributed by atoms with Crippen molar-refractivity contribution in [3.8, 4) is 35.1 Å². The predicted molar refractivity (Wildman–Crippen MR) is 103 cm³/mol. The van der Waals surface area contributed by atoms with E-state index in [4.69, 9.17) is 18.9 Å². The normalized spacial score (nSPS) is 17.6. The third kappa shape index (κ3) is 3.30. The fourth-order valence-electron chi connectivity index (χ4n) is 3.77. The molecular formula is C22H22N2O4. The molecule has 0 radical (unpaired) electrons. The number of nitrogens with zero attached hydrogens (tertiary/aromatic N) is 2. The van der Waals surface area contributed by atoms with Crippen LogP contribution in [0.3, 0.4) is 0 Å². The first-order valence-electron chi connectivity index (χ1n) is 8.88. The highest BCUT2D eigenvalue weighted by atomic mass is 16.5. The van der Waals surface area contributed by atoms with Gasteiger partial charge in [-0.25, -0.2) is 0 Å². The van der Waals surface area contributed by atoms with Gasteiger partial charge >= 0.3 is 0 Å². The Balaban J connectivity index is 2.21. The van der Waals surface area contributed by atoms with Crippen molar-refractivity contribution < 1.29 is 18.9 Å². The zero-order valence-electron chi connectivity index (χ0n) is 16.4. The summed E-state index contributed by atoms with van der Waals surface area (Å²) in [6.45, 7) is 0. The van der Waals surface area contributed by atoms with Gasteiger partial charge in [-0.05, 0) is 59.4 Å². The first-order valence-corrected chi connectivity index (χ1v) is 8.88. The maximum atomic E-state index is 9.88. The number of benzene rings is 2. The third-order valence-electron chi connectivity index (χ3n) is 5.20. The van der Waals surface area contributed by atoms with Crippen molar-refractivity contribution in [2.24, 2.45) is 0 Å². The number of rotatable bonds is 4. The van der Waals surface area contributed by atoms with Crippen LogP contribution in [-0.2, 0) is 12.8 Å². The van der Waals surface area contributed by atoms with Crippen molar-refractivity contribution in [1.82, 2.24) is 0 Å². The molecule has 0 bridgehead atoms. The molecule has 144 valence electrons. The van der Waals surface area contributed by atoms with Gasteiger partial charge in [0, 0.05) is 0 Å². The summed E-state index contributed by atoms with van der Waals surface area (Å²) >= 11 is 0. The van der Waals surface area contributed by atoms with E-state index in [-0.39, 0.29) is 11.8 Å². The number of methoxy groups -OCH3 is 4. The fraction of sp³-hybridized carbons (Fsp3) is 0.364. The Morgan fingerprint density at radius 2 is 0.964 bits per heavy atom. The Kier molecular flexibility index (Phi) is 5.61. The number of fused-ring (bicyclic) bond motifs is 2. The van der Waals surface area contributed by atoms with E-state index in [1.54, 1.807) is 28.4 Å². The lowest BCUT2D eigenvalue weighted by Gasteiger charge is -2.26. The zero-order valence-corrected chi connectivity index (χ0v) is 16.4. The van der Waals surface area contributed by atoms with Gasteiger partial charge < -0.3 is 18.9 Å². The lowest BCUT2D eigenvalue weighted by Crippen LogP contribution is -2.15. The van der Waals surface area contributed by atoms with E-state index in [1.807, 2.05) is 24.3 Å². The molecule has 6 nitrogen and oxygen atoms in total. The van der Waals surface area contributed by atoms with E-state index < -0.39 is 0 Å². The summed E-state index contributed by atoms with van der Waals surface area (Å²) in [6.07, 6.45) is 0.930. The highest BCUT2D eigenvalue weighted by Crippen LogP contribution is 2.42. The molecule has 0 N–H and O–H groups in total. The van der Waals surface area contributed by atoms with E-state index in [1.165, 1.54) is 0 Å². The molecule has 2 atom stereocenters. The summed E-state index contributed by atoms with van der Waals surface area (Å²) in [5, 5.41) is 19.8. The average molecular weight is 378 g/mol. The van der Waals surface area contributed by atoms with Crippen LogP contribution in [0.5, 0.6) is 23.0 Å². The van der Waals surface area contributed by atoms with Gasteiger partial charge in [-0.3, -0.25) is 0 Å². The van der Waals surface area contributed by atoms with Gasteiger partial charge in [0.1, 0.15) is 0 Å². The molecular weight excluding hydrogens is 356 g/mol. The van der Waals surface area contributed by atoms with Gasteiger partial charge in [0.25, 0.3) is 0 Å². The Hall–Kier alpha value is -3.38. The summed E-state index contributed by atoms with van der Waals surface area (Å²) in [5.74, 6) is 1.55. The van der Waals surface area contributed by atoms with Crippen LogP contribution in [0, 0.1) is 22.7 Å². The van der Waals surface area contributed by atoms with Crippen LogP contribution in [-0.4, -0.2) is 28.4 Å². The first-order chi connectivity index (χ1) is 13.6. The van der Waals surface area contributed by atoms with E-state index in [0.717, 1.165) is 22.3 Å². The molecule has 0 fully saturated rings. The average Bonchev–Trinajstić information content (AvgIpc) is 2.73. The molecule has 0 heterocycles. The van der Waals surface area contributed by atoms with Gasteiger partial charge in [-0.2, -0.15) is 10.5 Å². The van der Waals surface area contributed by atoms with Crippen molar-refractivity contribution >= 4 is 0 Å². The second-order valence-electron chi connectivity index (χ2n) is 6.58. The second kappa shape index (κ2) is 8.10. The summed E-state index contributed by atoms with van der Waals surface area (Å²) in [7, 11) is 6.28. The minimum Gasteiger partial charge on any atom is -0.493 e. The maximum Gasteiger partial charge on any atom is 0.161 e. The SMILES string of the molecule is COc1cc2c(cc1OC)C(C#N)Cc1cc(OC)c(OC)cc1C(C#N)C2. The Morgan fingerprint density at radius 3 is 1.25 bits per heavy atom. The molecule has 1 aliphatic rings. The molecule has 2 aromatic rings. The van der Waals surface area contributed by atoms with Gasteiger partial charge in [0.15, 0.2) is 23.0 Å². The molecule has 0 aliphatic heterocycles. The Bertz CT molecular complexity index is 892. The topological polar surface area (TPSA) is 84.5 Å². The van der Waals surface area contributed by atoms with Crippen LogP contribution < -0.4 is 18.9 Å². The van der Waals surface area contributed by atoms with Crippen LogP contribution in [0.2, 0.25) is 0 Å². The van der Waals surface area contributed by atoms with Crippen molar-refractivity contribution in [3.05, 3.63) is 46.5 Å². The smallest absolute Gasteiger partial charge is 0.161 e. The van der Waals surface area contributed by atoms with E-state index in [9.17, 15) is 10.5 Å². The molecule has 0 spiro atoms. The molecule has 28 heavy (non-hydrogen) atoms. The van der Waals surface area contributed by atoms with Crippen LogP contribution in [0.1, 0.15) is 34.1 Å². The highest BCUT2D eigenvalue weighted by Gasteiger charge is 2.29. The molecule has 2 aromatic carbocycles. The minimum absolute atomic E-state index is 0.383. The van der Waals surface area contributed by atoms with Crippen molar-refractivity contribution in [2.75, 3.05) is 28.4 Å².